The topological polar surface area (TPSA) is 74.4 Å². The number of aromatic nitrogens is 1. The van der Waals surface area contributed by atoms with Crippen molar-refractivity contribution < 1.29 is 13.9 Å². The van der Waals surface area contributed by atoms with E-state index in [0.29, 0.717) is 29.7 Å². The lowest BCUT2D eigenvalue weighted by atomic mass is 9.95. The van der Waals surface area contributed by atoms with Crippen LogP contribution in [0.5, 0.6) is 0 Å². The van der Waals surface area contributed by atoms with E-state index >= 15 is 0 Å². The van der Waals surface area contributed by atoms with Gasteiger partial charge in [-0.1, -0.05) is 18.2 Å². The van der Waals surface area contributed by atoms with Gasteiger partial charge in [0.05, 0.1) is 18.4 Å². The van der Waals surface area contributed by atoms with Gasteiger partial charge in [-0.05, 0) is 75.1 Å². The third-order valence-corrected chi connectivity index (χ3v) is 7.10. The number of aromatic amines is 1. The molecule has 0 bridgehead atoms. The van der Waals surface area contributed by atoms with Gasteiger partial charge >= 0.3 is 0 Å². The Hall–Kier alpha value is -3.45. The number of halogens is 1. The molecule has 1 aromatic carbocycles. The van der Waals surface area contributed by atoms with Crippen molar-refractivity contribution in [2.75, 3.05) is 0 Å². The Morgan fingerprint density at radius 1 is 1.26 bits per heavy atom. The van der Waals surface area contributed by atoms with E-state index in [1.807, 2.05) is 39.8 Å². The van der Waals surface area contributed by atoms with Crippen LogP contribution < -0.4 is 10.9 Å². The SMILES string of the molecule is CC1=C(C(C)OCc2ccc(F)cc2)N2C(=CC3CC32)C=C1C(=O)NCc1c(C)cc(C)[nH]c1=O. The third-order valence-electron chi connectivity index (χ3n) is 7.10. The van der Waals surface area contributed by atoms with Crippen molar-refractivity contribution in [1.82, 2.24) is 15.2 Å². The van der Waals surface area contributed by atoms with Crippen molar-refractivity contribution in [3.8, 4) is 0 Å². The molecule has 1 saturated carbocycles. The number of fused-ring (bicyclic) bond motifs is 3. The van der Waals surface area contributed by atoms with E-state index in [9.17, 15) is 14.0 Å². The number of carbonyl (C=O) groups is 1. The molecule has 35 heavy (non-hydrogen) atoms. The first-order valence-corrected chi connectivity index (χ1v) is 12.0. The summed E-state index contributed by atoms with van der Waals surface area (Å²) in [7, 11) is 0. The summed E-state index contributed by atoms with van der Waals surface area (Å²) in [6.45, 7) is 8.16. The maximum atomic E-state index is 13.3. The van der Waals surface area contributed by atoms with Crippen LogP contribution in [0.3, 0.4) is 0 Å². The van der Waals surface area contributed by atoms with Gasteiger partial charge in [-0.15, -0.1) is 0 Å². The van der Waals surface area contributed by atoms with Gasteiger partial charge in [0, 0.05) is 41.0 Å². The Morgan fingerprint density at radius 2 is 2.00 bits per heavy atom. The molecule has 182 valence electrons. The van der Waals surface area contributed by atoms with Crippen LogP contribution in [0.2, 0.25) is 0 Å². The first-order valence-electron chi connectivity index (χ1n) is 12.0. The van der Waals surface area contributed by atoms with E-state index in [1.165, 1.54) is 12.1 Å². The highest BCUT2D eigenvalue weighted by atomic mass is 19.1. The summed E-state index contributed by atoms with van der Waals surface area (Å²) < 4.78 is 19.4. The zero-order valence-corrected chi connectivity index (χ0v) is 20.4. The van der Waals surface area contributed by atoms with Crippen LogP contribution >= 0.6 is 0 Å². The van der Waals surface area contributed by atoms with Crippen LogP contribution in [0.1, 0.15) is 42.7 Å². The fourth-order valence-electron chi connectivity index (χ4n) is 5.16. The van der Waals surface area contributed by atoms with Crippen LogP contribution in [0.25, 0.3) is 0 Å². The van der Waals surface area contributed by atoms with E-state index < -0.39 is 0 Å². The summed E-state index contributed by atoms with van der Waals surface area (Å²) in [4.78, 5) is 30.8. The average molecular weight is 476 g/mol. The lowest BCUT2D eigenvalue weighted by Gasteiger charge is -2.35. The highest BCUT2D eigenvalue weighted by Gasteiger charge is 2.50. The number of allylic oxidation sites excluding steroid dienone is 1. The number of carbonyl (C=O) groups excluding carboxylic acids is 1. The first kappa shape index (κ1) is 23.3. The molecule has 2 N–H and O–H groups in total. The maximum Gasteiger partial charge on any atom is 0.253 e. The van der Waals surface area contributed by atoms with Gasteiger partial charge in [0.15, 0.2) is 0 Å². The smallest absolute Gasteiger partial charge is 0.253 e. The van der Waals surface area contributed by atoms with Crippen molar-refractivity contribution in [2.45, 2.75) is 59.4 Å². The van der Waals surface area contributed by atoms with Crippen molar-refractivity contribution >= 4 is 5.91 Å². The summed E-state index contributed by atoms with van der Waals surface area (Å²) in [6, 6.07) is 8.61. The minimum Gasteiger partial charge on any atom is -0.368 e. The van der Waals surface area contributed by atoms with E-state index in [2.05, 4.69) is 21.3 Å². The van der Waals surface area contributed by atoms with Gasteiger partial charge in [0.2, 0.25) is 0 Å². The molecule has 0 radical (unpaired) electrons. The number of benzene rings is 1. The molecule has 1 amide bonds. The second kappa shape index (κ2) is 8.96. The summed E-state index contributed by atoms with van der Waals surface area (Å²) >= 11 is 0. The van der Waals surface area contributed by atoms with Crippen LogP contribution in [-0.4, -0.2) is 27.9 Å². The highest BCUT2D eigenvalue weighted by molar-refractivity contribution is 5.99. The van der Waals surface area contributed by atoms with E-state index in [4.69, 9.17) is 4.74 Å². The van der Waals surface area contributed by atoms with Crippen LogP contribution in [0.15, 0.2) is 69.8 Å². The number of ether oxygens (including phenoxy) is 1. The molecule has 2 aliphatic heterocycles. The van der Waals surface area contributed by atoms with Crippen molar-refractivity contribution in [1.29, 1.82) is 0 Å². The fraction of sp³-hybridized carbons (Fsp3) is 0.357. The molecule has 1 fully saturated rings. The monoisotopic (exact) mass is 475 g/mol. The quantitative estimate of drug-likeness (QED) is 0.631. The van der Waals surface area contributed by atoms with E-state index in [-0.39, 0.29) is 29.9 Å². The number of aryl methyl sites for hydroxylation is 2. The van der Waals surface area contributed by atoms with Gasteiger partial charge in [-0.2, -0.15) is 0 Å². The molecule has 1 aliphatic carbocycles. The van der Waals surface area contributed by atoms with E-state index in [0.717, 1.165) is 40.2 Å². The number of nitrogens with zero attached hydrogens (tertiary/aromatic N) is 1. The molecule has 0 saturated heterocycles. The number of pyridine rings is 1. The summed E-state index contributed by atoms with van der Waals surface area (Å²) in [5.74, 6) is 0.0126. The third kappa shape index (κ3) is 4.48. The van der Waals surface area contributed by atoms with Crippen LogP contribution in [0.4, 0.5) is 4.39 Å². The Labute approximate surface area is 204 Å². The standard InChI is InChI=1S/C28H30FN3O3/c1-15-9-16(2)31-28(34)24(15)13-30-27(33)23-12-22-10-20-11-25(20)32(22)26(17(23)3)18(4)35-14-19-5-7-21(29)8-6-19/h5-10,12,18,20,25H,11,13-14H2,1-4H3,(H,30,33)(H,31,34). The minimum absolute atomic E-state index is 0.158. The average Bonchev–Trinajstić information content (AvgIpc) is 3.48. The predicted molar refractivity (Wildman–Crippen MR) is 132 cm³/mol. The zero-order valence-electron chi connectivity index (χ0n) is 20.4. The molecular weight excluding hydrogens is 445 g/mol. The number of hydrogen-bond donors (Lipinski definition) is 2. The summed E-state index contributed by atoms with van der Waals surface area (Å²) in [5, 5.41) is 2.94. The van der Waals surface area contributed by atoms with Gasteiger partial charge < -0.3 is 19.9 Å². The van der Waals surface area contributed by atoms with Gasteiger partial charge in [-0.3, -0.25) is 9.59 Å². The fourth-order valence-corrected chi connectivity index (χ4v) is 5.16. The van der Waals surface area contributed by atoms with Crippen molar-refractivity contribution in [2.24, 2.45) is 5.92 Å². The summed E-state index contributed by atoms with van der Waals surface area (Å²) in [5.41, 5.74) is 6.38. The number of nitrogens with one attached hydrogen (secondary N) is 2. The maximum absolute atomic E-state index is 13.3. The Balaban J connectivity index is 1.37. The zero-order chi connectivity index (χ0) is 24.9. The number of rotatable bonds is 7. The van der Waals surface area contributed by atoms with Crippen LogP contribution in [-0.2, 0) is 22.7 Å². The van der Waals surface area contributed by atoms with Crippen molar-refractivity contribution in [3.05, 3.63) is 104 Å². The second-order valence-electron chi connectivity index (χ2n) is 9.70. The molecule has 5 rings (SSSR count). The predicted octanol–water partition coefficient (Wildman–Crippen LogP) is 4.15. The lowest BCUT2D eigenvalue weighted by Crippen LogP contribution is -2.36. The highest BCUT2D eigenvalue weighted by Crippen LogP contribution is 2.51. The number of H-pyrrole nitrogens is 1. The molecule has 3 aliphatic rings. The van der Waals surface area contributed by atoms with Crippen LogP contribution in [0, 0.1) is 25.6 Å². The molecular formula is C28H30FN3O3. The van der Waals surface area contributed by atoms with Gasteiger partial charge in [-0.25, -0.2) is 4.39 Å². The number of amides is 1. The molecule has 7 heteroatoms. The van der Waals surface area contributed by atoms with Gasteiger partial charge in [0.25, 0.3) is 11.5 Å². The molecule has 6 nitrogen and oxygen atoms in total. The molecule has 3 heterocycles. The molecule has 2 aromatic rings. The normalized spacial score (nSPS) is 21.2. The first-order chi connectivity index (χ1) is 16.7. The Morgan fingerprint density at radius 3 is 2.71 bits per heavy atom. The second-order valence-corrected chi connectivity index (χ2v) is 9.70. The summed E-state index contributed by atoms with van der Waals surface area (Å²) in [6.07, 6.45) is 5.02. The number of hydrogen-bond acceptors (Lipinski definition) is 4. The minimum atomic E-state index is -0.275. The largest absolute Gasteiger partial charge is 0.368 e. The Kier molecular flexibility index (Phi) is 5.97. The molecule has 3 atom stereocenters. The molecule has 0 spiro atoms. The van der Waals surface area contributed by atoms with E-state index in [1.54, 1.807) is 12.1 Å². The molecule has 3 unspecified atom stereocenters. The lowest BCUT2D eigenvalue weighted by molar-refractivity contribution is -0.117. The Bertz CT molecular complexity index is 1340. The van der Waals surface area contributed by atoms with Gasteiger partial charge in [0.1, 0.15) is 5.82 Å². The molecule has 1 aromatic heterocycles. The van der Waals surface area contributed by atoms with Crippen molar-refractivity contribution in [3.63, 3.8) is 0 Å².